The number of amides is 1. The van der Waals surface area contributed by atoms with Crippen molar-refractivity contribution < 1.29 is 9.53 Å². The second-order valence-corrected chi connectivity index (χ2v) is 5.80. The maximum atomic E-state index is 12.2. The zero-order chi connectivity index (χ0) is 13.9. The molecule has 21 heavy (non-hydrogen) atoms. The lowest BCUT2D eigenvalue weighted by molar-refractivity contribution is -0.119. The van der Waals surface area contributed by atoms with E-state index in [0.29, 0.717) is 13.2 Å². The molecule has 1 unspecified atom stereocenters. The van der Waals surface area contributed by atoms with Crippen LogP contribution in [0.1, 0.15) is 30.4 Å². The summed E-state index contributed by atoms with van der Waals surface area (Å²) in [6.07, 6.45) is 5.24. The summed E-state index contributed by atoms with van der Waals surface area (Å²) in [5, 5.41) is 2.96. The standard InChI is InChI=1S/C16H22N2O2.ClH/c17-15(12-6-8-20-9-7-12)16(19)18-14-5-4-11-2-1-3-13(11)10-14;/h4-5,10,12,15H,1-3,6-9,17H2,(H,18,19);1H. The van der Waals surface area contributed by atoms with Gasteiger partial charge in [-0.3, -0.25) is 4.79 Å². The number of aryl methyl sites for hydroxylation is 2. The van der Waals surface area contributed by atoms with E-state index in [9.17, 15) is 4.79 Å². The molecule has 0 aromatic heterocycles. The number of ether oxygens (including phenoxy) is 1. The zero-order valence-corrected chi connectivity index (χ0v) is 13.0. The molecule has 1 amide bonds. The van der Waals surface area contributed by atoms with E-state index < -0.39 is 6.04 Å². The summed E-state index contributed by atoms with van der Waals surface area (Å²) < 4.78 is 5.31. The molecule has 0 radical (unpaired) electrons. The van der Waals surface area contributed by atoms with Gasteiger partial charge in [0.2, 0.25) is 5.91 Å². The maximum absolute atomic E-state index is 12.2. The number of hydrogen-bond acceptors (Lipinski definition) is 3. The molecular weight excluding hydrogens is 288 g/mol. The Labute approximate surface area is 131 Å². The second kappa shape index (κ2) is 7.25. The van der Waals surface area contributed by atoms with Gasteiger partial charge in [0.05, 0.1) is 6.04 Å². The molecule has 0 spiro atoms. The Bertz CT molecular complexity index is 501. The molecule has 3 rings (SSSR count). The molecule has 1 aromatic carbocycles. The van der Waals surface area contributed by atoms with Crippen molar-refractivity contribution in [3.05, 3.63) is 29.3 Å². The largest absolute Gasteiger partial charge is 0.381 e. The van der Waals surface area contributed by atoms with Crippen LogP contribution in [0.4, 0.5) is 5.69 Å². The zero-order valence-electron chi connectivity index (χ0n) is 12.1. The fraction of sp³-hybridized carbons (Fsp3) is 0.562. The highest BCUT2D eigenvalue weighted by molar-refractivity contribution is 5.95. The Morgan fingerprint density at radius 1 is 1.24 bits per heavy atom. The van der Waals surface area contributed by atoms with E-state index in [1.54, 1.807) is 0 Å². The number of rotatable bonds is 3. The van der Waals surface area contributed by atoms with Crippen LogP contribution in [-0.2, 0) is 22.4 Å². The van der Waals surface area contributed by atoms with Gasteiger partial charge in [-0.1, -0.05) is 6.07 Å². The van der Waals surface area contributed by atoms with Crippen molar-refractivity contribution in [2.24, 2.45) is 11.7 Å². The number of fused-ring (bicyclic) bond motifs is 1. The van der Waals surface area contributed by atoms with E-state index in [1.807, 2.05) is 6.07 Å². The van der Waals surface area contributed by atoms with Crippen LogP contribution in [-0.4, -0.2) is 25.2 Å². The molecule has 1 atom stereocenters. The number of halogens is 1. The third kappa shape index (κ3) is 3.76. The van der Waals surface area contributed by atoms with E-state index >= 15 is 0 Å². The Kier molecular flexibility index (Phi) is 5.62. The molecule has 0 saturated carbocycles. The number of carbonyl (C=O) groups is 1. The van der Waals surface area contributed by atoms with Crippen LogP contribution in [0.15, 0.2) is 18.2 Å². The number of hydrogen-bond donors (Lipinski definition) is 2. The lowest BCUT2D eigenvalue weighted by Gasteiger charge is -2.26. The molecule has 1 aromatic rings. The number of nitrogens with one attached hydrogen (secondary N) is 1. The lowest BCUT2D eigenvalue weighted by Crippen LogP contribution is -2.44. The summed E-state index contributed by atoms with van der Waals surface area (Å²) in [7, 11) is 0. The highest BCUT2D eigenvalue weighted by Gasteiger charge is 2.26. The molecular formula is C16H23ClN2O2. The van der Waals surface area contributed by atoms with Crippen molar-refractivity contribution in [2.75, 3.05) is 18.5 Å². The molecule has 1 aliphatic heterocycles. The van der Waals surface area contributed by atoms with E-state index in [4.69, 9.17) is 10.5 Å². The van der Waals surface area contributed by atoms with Gasteiger partial charge < -0.3 is 15.8 Å². The summed E-state index contributed by atoms with van der Waals surface area (Å²) in [6.45, 7) is 1.43. The highest BCUT2D eigenvalue weighted by atomic mass is 35.5. The van der Waals surface area contributed by atoms with Crippen LogP contribution >= 0.6 is 12.4 Å². The van der Waals surface area contributed by atoms with E-state index in [0.717, 1.165) is 31.4 Å². The molecule has 5 heteroatoms. The molecule has 2 aliphatic rings. The quantitative estimate of drug-likeness (QED) is 0.900. The number of anilines is 1. The lowest BCUT2D eigenvalue weighted by atomic mass is 9.92. The summed E-state index contributed by atoms with van der Waals surface area (Å²) >= 11 is 0. The smallest absolute Gasteiger partial charge is 0.241 e. The van der Waals surface area contributed by atoms with Crippen molar-refractivity contribution in [2.45, 2.75) is 38.1 Å². The Hall–Kier alpha value is -1.10. The van der Waals surface area contributed by atoms with Gasteiger partial charge in [0.15, 0.2) is 0 Å². The molecule has 1 fully saturated rings. The normalized spacial score (nSPS) is 19.5. The fourth-order valence-electron chi connectivity index (χ4n) is 3.16. The highest BCUT2D eigenvalue weighted by Crippen LogP contribution is 2.25. The summed E-state index contributed by atoms with van der Waals surface area (Å²) in [4.78, 5) is 12.2. The van der Waals surface area contributed by atoms with Crippen LogP contribution in [0.3, 0.4) is 0 Å². The molecule has 4 nitrogen and oxygen atoms in total. The average Bonchev–Trinajstić information content (AvgIpc) is 2.95. The molecule has 1 aliphatic carbocycles. The predicted molar refractivity (Wildman–Crippen MR) is 85.9 cm³/mol. The Balaban J connectivity index is 0.00000161. The maximum Gasteiger partial charge on any atom is 0.241 e. The van der Waals surface area contributed by atoms with Gasteiger partial charge in [-0.15, -0.1) is 12.4 Å². The first-order valence-electron chi connectivity index (χ1n) is 7.50. The summed E-state index contributed by atoms with van der Waals surface area (Å²) in [6, 6.07) is 5.76. The Morgan fingerprint density at radius 3 is 2.71 bits per heavy atom. The van der Waals surface area contributed by atoms with Gasteiger partial charge in [0.1, 0.15) is 0 Å². The molecule has 1 saturated heterocycles. The minimum Gasteiger partial charge on any atom is -0.381 e. The summed E-state index contributed by atoms with van der Waals surface area (Å²) in [5.41, 5.74) is 9.74. The fourth-order valence-corrected chi connectivity index (χ4v) is 3.16. The number of benzene rings is 1. The SMILES string of the molecule is Cl.NC(C(=O)Nc1ccc2c(c1)CCC2)C1CCOCC1. The molecule has 116 valence electrons. The second-order valence-electron chi connectivity index (χ2n) is 5.80. The molecule has 0 bridgehead atoms. The summed E-state index contributed by atoms with van der Waals surface area (Å²) in [5.74, 6) is 0.160. The van der Waals surface area contributed by atoms with Crippen LogP contribution in [0.2, 0.25) is 0 Å². The van der Waals surface area contributed by atoms with Crippen molar-refractivity contribution in [1.82, 2.24) is 0 Å². The van der Waals surface area contributed by atoms with Gasteiger partial charge in [-0.05, 0) is 61.3 Å². The first kappa shape index (κ1) is 16.3. The van der Waals surface area contributed by atoms with Gasteiger partial charge in [0.25, 0.3) is 0 Å². The third-order valence-electron chi connectivity index (χ3n) is 4.44. The van der Waals surface area contributed by atoms with Crippen LogP contribution in [0.25, 0.3) is 0 Å². The van der Waals surface area contributed by atoms with Crippen molar-refractivity contribution in [1.29, 1.82) is 0 Å². The first-order valence-corrected chi connectivity index (χ1v) is 7.50. The average molecular weight is 311 g/mol. The van der Waals surface area contributed by atoms with Crippen molar-refractivity contribution in [3.8, 4) is 0 Å². The van der Waals surface area contributed by atoms with Gasteiger partial charge in [-0.25, -0.2) is 0 Å². The van der Waals surface area contributed by atoms with Gasteiger partial charge in [-0.2, -0.15) is 0 Å². The minimum absolute atomic E-state index is 0. The van der Waals surface area contributed by atoms with Crippen LogP contribution in [0.5, 0.6) is 0 Å². The van der Waals surface area contributed by atoms with Crippen molar-refractivity contribution in [3.63, 3.8) is 0 Å². The van der Waals surface area contributed by atoms with E-state index in [2.05, 4.69) is 17.4 Å². The van der Waals surface area contributed by atoms with E-state index in [1.165, 1.54) is 17.5 Å². The minimum atomic E-state index is -0.438. The van der Waals surface area contributed by atoms with Crippen LogP contribution < -0.4 is 11.1 Å². The van der Waals surface area contributed by atoms with Crippen molar-refractivity contribution >= 4 is 24.0 Å². The molecule has 3 N–H and O–H groups in total. The number of nitrogens with two attached hydrogens (primary N) is 1. The monoisotopic (exact) mass is 310 g/mol. The molecule has 1 heterocycles. The number of carbonyl (C=O) groups excluding carboxylic acids is 1. The van der Waals surface area contributed by atoms with Crippen LogP contribution in [0, 0.1) is 5.92 Å². The Morgan fingerprint density at radius 2 is 1.95 bits per heavy atom. The topological polar surface area (TPSA) is 64.4 Å². The van der Waals surface area contributed by atoms with Gasteiger partial charge in [0, 0.05) is 18.9 Å². The van der Waals surface area contributed by atoms with E-state index in [-0.39, 0.29) is 24.2 Å². The predicted octanol–water partition coefficient (Wildman–Crippen LogP) is 2.29. The van der Waals surface area contributed by atoms with Gasteiger partial charge >= 0.3 is 0 Å². The third-order valence-corrected chi connectivity index (χ3v) is 4.44. The first-order chi connectivity index (χ1) is 9.74.